The molecule has 0 bridgehead atoms. The van der Waals surface area contributed by atoms with E-state index in [0.717, 1.165) is 0 Å². The largest absolute Gasteiger partial charge is 0.368 e. The van der Waals surface area contributed by atoms with Gasteiger partial charge in [0, 0.05) is 5.03 Å². The molecule has 0 radical (unpaired) electrons. The van der Waals surface area contributed by atoms with Crippen molar-refractivity contribution in [2.45, 2.75) is 11.3 Å². The summed E-state index contributed by atoms with van der Waals surface area (Å²) in [6.45, 7) is 0. The Morgan fingerprint density at radius 1 is 1.73 bits per heavy atom. The first-order valence-corrected chi connectivity index (χ1v) is 3.84. The topological polar surface area (TPSA) is 43.1 Å². The van der Waals surface area contributed by atoms with E-state index in [9.17, 15) is 4.79 Å². The summed E-state index contributed by atoms with van der Waals surface area (Å²) in [5, 5.41) is 0.586. The Balaban J connectivity index is 2.82. The van der Waals surface area contributed by atoms with Crippen LogP contribution in [0, 0.1) is 0 Å². The maximum atomic E-state index is 10.7. The maximum Gasteiger partial charge on any atom is 0.242 e. The number of allylic oxidation sites excluding steroid dienone is 3. The first-order valence-electron chi connectivity index (χ1n) is 3.08. The molecule has 4 heteroatoms. The highest BCUT2D eigenvalue weighted by Gasteiger charge is 2.31. The summed E-state index contributed by atoms with van der Waals surface area (Å²) >= 11 is 11.4. The highest BCUT2D eigenvalue weighted by molar-refractivity contribution is 6.37. The van der Waals surface area contributed by atoms with Crippen LogP contribution in [0.15, 0.2) is 23.3 Å². The van der Waals surface area contributed by atoms with Crippen molar-refractivity contribution in [3.8, 4) is 0 Å². The van der Waals surface area contributed by atoms with Gasteiger partial charge in [0.1, 0.15) is 4.87 Å². The van der Waals surface area contributed by atoms with E-state index in [4.69, 9.17) is 28.9 Å². The van der Waals surface area contributed by atoms with E-state index in [1.54, 1.807) is 12.2 Å². The van der Waals surface area contributed by atoms with Crippen LogP contribution in [0.4, 0.5) is 0 Å². The number of rotatable bonds is 1. The van der Waals surface area contributed by atoms with E-state index in [-0.39, 0.29) is 0 Å². The molecule has 0 aliphatic heterocycles. The summed E-state index contributed by atoms with van der Waals surface area (Å²) in [5.41, 5.74) is 5.05. The number of hydrogen-bond acceptors (Lipinski definition) is 1. The minimum absolute atomic E-state index is 0.360. The predicted molar refractivity (Wildman–Crippen MR) is 45.5 cm³/mol. The van der Waals surface area contributed by atoms with E-state index < -0.39 is 10.8 Å². The zero-order valence-corrected chi connectivity index (χ0v) is 7.19. The number of amides is 1. The van der Waals surface area contributed by atoms with E-state index in [1.165, 1.54) is 6.08 Å². The van der Waals surface area contributed by atoms with Gasteiger partial charge in [0.2, 0.25) is 5.91 Å². The van der Waals surface area contributed by atoms with Crippen LogP contribution in [0.25, 0.3) is 0 Å². The van der Waals surface area contributed by atoms with Gasteiger partial charge >= 0.3 is 0 Å². The molecule has 1 aliphatic carbocycles. The summed E-state index contributed by atoms with van der Waals surface area (Å²) < 4.78 is 0. The van der Waals surface area contributed by atoms with Gasteiger partial charge in [-0.05, 0) is 12.5 Å². The predicted octanol–water partition coefficient (Wildman–Crippen LogP) is 1.53. The molecular formula is C7H7Cl2NO. The minimum atomic E-state index is -1.07. The molecule has 11 heavy (non-hydrogen) atoms. The van der Waals surface area contributed by atoms with Crippen molar-refractivity contribution in [1.82, 2.24) is 0 Å². The summed E-state index contributed by atoms with van der Waals surface area (Å²) in [7, 11) is 0. The number of primary amides is 1. The van der Waals surface area contributed by atoms with Crippen LogP contribution in [0.3, 0.4) is 0 Å². The quantitative estimate of drug-likeness (QED) is 0.629. The number of hydrogen-bond donors (Lipinski definition) is 1. The van der Waals surface area contributed by atoms with Gasteiger partial charge in [0.25, 0.3) is 0 Å². The molecule has 0 aromatic carbocycles. The molecule has 1 amide bonds. The third-order valence-corrected chi connectivity index (χ3v) is 2.26. The van der Waals surface area contributed by atoms with E-state index in [2.05, 4.69) is 0 Å². The fraction of sp³-hybridized carbons (Fsp3) is 0.286. The average molecular weight is 192 g/mol. The molecule has 1 atom stereocenters. The van der Waals surface area contributed by atoms with Crippen molar-refractivity contribution in [1.29, 1.82) is 0 Å². The summed E-state index contributed by atoms with van der Waals surface area (Å²) in [5.74, 6) is -0.546. The Kier molecular flexibility index (Phi) is 2.25. The summed E-state index contributed by atoms with van der Waals surface area (Å²) in [4.78, 5) is 9.68. The zero-order valence-electron chi connectivity index (χ0n) is 5.68. The Hall–Kier alpha value is -0.470. The van der Waals surface area contributed by atoms with Crippen LogP contribution in [0.1, 0.15) is 6.42 Å². The lowest BCUT2D eigenvalue weighted by Crippen LogP contribution is -2.37. The van der Waals surface area contributed by atoms with Crippen LogP contribution >= 0.6 is 23.2 Å². The molecule has 0 fully saturated rings. The molecule has 2 nitrogen and oxygen atoms in total. The summed E-state index contributed by atoms with van der Waals surface area (Å²) in [6.07, 6.45) is 5.11. The van der Waals surface area contributed by atoms with E-state index in [1.807, 2.05) is 0 Å². The molecule has 0 saturated heterocycles. The Morgan fingerprint density at radius 2 is 2.36 bits per heavy atom. The van der Waals surface area contributed by atoms with Crippen molar-refractivity contribution in [3.05, 3.63) is 23.3 Å². The van der Waals surface area contributed by atoms with Gasteiger partial charge in [-0.1, -0.05) is 23.8 Å². The Morgan fingerprint density at radius 3 is 2.73 bits per heavy atom. The van der Waals surface area contributed by atoms with Gasteiger partial charge in [0.15, 0.2) is 0 Å². The van der Waals surface area contributed by atoms with Crippen molar-refractivity contribution >= 4 is 29.1 Å². The Bertz CT molecular complexity index is 247. The van der Waals surface area contributed by atoms with Crippen LogP contribution in [0.5, 0.6) is 0 Å². The van der Waals surface area contributed by atoms with Crippen LogP contribution < -0.4 is 5.73 Å². The first kappa shape index (κ1) is 8.62. The third-order valence-electron chi connectivity index (χ3n) is 1.51. The van der Waals surface area contributed by atoms with Gasteiger partial charge in [-0.3, -0.25) is 4.79 Å². The second kappa shape index (κ2) is 2.88. The third kappa shape index (κ3) is 1.76. The van der Waals surface area contributed by atoms with Crippen molar-refractivity contribution in [3.63, 3.8) is 0 Å². The van der Waals surface area contributed by atoms with Crippen LogP contribution in [-0.2, 0) is 4.79 Å². The standard InChI is InChI=1S/C7H7Cl2NO/c8-5-1-3-7(9,4-2-5)6(10)11/h1-3H,4H2,(H2,10,11). The zero-order chi connectivity index (χ0) is 8.48. The SMILES string of the molecule is NC(=O)C1(Cl)C=CC(Cl)=CC1. The fourth-order valence-electron chi connectivity index (χ4n) is 0.777. The van der Waals surface area contributed by atoms with Crippen molar-refractivity contribution in [2.75, 3.05) is 0 Å². The molecule has 0 aromatic heterocycles. The molecule has 0 heterocycles. The Labute approximate surface area is 74.7 Å². The molecule has 2 N–H and O–H groups in total. The summed E-state index contributed by atoms with van der Waals surface area (Å²) in [6, 6.07) is 0. The van der Waals surface area contributed by atoms with Crippen LogP contribution in [0.2, 0.25) is 0 Å². The van der Waals surface area contributed by atoms with E-state index >= 15 is 0 Å². The average Bonchev–Trinajstić information content (AvgIpc) is 1.95. The van der Waals surface area contributed by atoms with Gasteiger partial charge < -0.3 is 5.73 Å². The second-order valence-corrected chi connectivity index (χ2v) is 3.46. The molecular weight excluding hydrogens is 185 g/mol. The molecule has 0 spiro atoms. The van der Waals surface area contributed by atoms with Crippen LogP contribution in [-0.4, -0.2) is 10.8 Å². The lowest BCUT2D eigenvalue weighted by Gasteiger charge is -2.19. The highest BCUT2D eigenvalue weighted by atomic mass is 35.5. The lowest BCUT2D eigenvalue weighted by atomic mass is 9.99. The smallest absolute Gasteiger partial charge is 0.242 e. The molecule has 0 saturated carbocycles. The van der Waals surface area contributed by atoms with Gasteiger partial charge in [-0.15, -0.1) is 11.6 Å². The maximum absolute atomic E-state index is 10.7. The van der Waals surface area contributed by atoms with Gasteiger partial charge in [-0.25, -0.2) is 0 Å². The first-order chi connectivity index (χ1) is 5.04. The van der Waals surface area contributed by atoms with Crippen molar-refractivity contribution in [2.24, 2.45) is 5.73 Å². The molecule has 1 unspecified atom stereocenters. The fourth-order valence-corrected chi connectivity index (χ4v) is 1.06. The highest BCUT2D eigenvalue weighted by Crippen LogP contribution is 2.28. The lowest BCUT2D eigenvalue weighted by molar-refractivity contribution is -0.119. The van der Waals surface area contributed by atoms with Crippen molar-refractivity contribution < 1.29 is 4.79 Å². The van der Waals surface area contributed by atoms with E-state index in [0.29, 0.717) is 11.5 Å². The number of halogens is 2. The molecule has 60 valence electrons. The second-order valence-electron chi connectivity index (χ2n) is 2.35. The minimum Gasteiger partial charge on any atom is -0.368 e. The number of carbonyl (C=O) groups is 1. The van der Waals surface area contributed by atoms with Gasteiger partial charge in [-0.2, -0.15) is 0 Å². The molecule has 0 aromatic rings. The number of alkyl halides is 1. The number of nitrogens with two attached hydrogens (primary N) is 1. The molecule has 1 aliphatic rings. The monoisotopic (exact) mass is 191 g/mol. The van der Waals surface area contributed by atoms with Gasteiger partial charge in [0.05, 0.1) is 0 Å². The molecule has 1 rings (SSSR count). The number of carbonyl (C=O) groups excluding carboxylic acids is 1. The normalized spacial score (nSPS) is 29.8.